The Kier molecular flexibility index (Phi) is 5.79. The molecule has 1 heterocycles. The zero-order valence-electron chi connectivity index (χ0n) is 13.5. The number of amides is 1. The first-order chi connectivity index (χ1) is 9.09. The Morgan fingerprint density at radius 1 is 1.35 bits per heavy atom. The summed E-state index contributed by atoms with van der Waals surface area (Å²) in [6.45, 7) is 11.9. The zero-order valence-corrected chi connectivity index (χ0v) is 13.5. The van der Waals surface area contributed by atoms with Crippen LogP contribution in [0.3, 0.4) is 0 Å². The number of rotatable bonds is 4. The normalized spacial score (nSPS) is 19.7. The number of nitrogens with zero attached hydrogens (tertiary/aromatic N) is 1. The fourth-order valence-corrected chi connectivity index (χ4v) is 1.68. The van der Waals surface area contributed by atoms with E-state index in [2.05, 4.69) is 5.32 Å². The van der Waals surface area contributed by atoms with Crippen molar-refractivity contribution < 1.29 is 19.0 Å². The van der Waals surface area contributed by atoms with E-state index in [9.17, 15) is 4.79 Å². The number of hydrogen-bond donors (Lipinski definition) is 1. The summed E-state index contributed by atoms with van der Waals surface area (Å²) in [6, 6.07) is 0.162. The van der Waals surface area contributed by atoms with Gasteiger partial charge in [0.05, 0.1) is 19.3 Å². The van der Waals surface area contributed by atoms with Crippen molar-refractivity contribution in [2.24, 2.45) is 0 Å². The lowest BCUT2D eigenvalue weighted by molar-refractivity contribution is -0.252. The minimum atomic E-state index is -0.495. The molecule has 6 nitrogen and oxygen atoms in total. The number of ether oxygens (including phenoxy) is 3. The maximum absolute atomic E-state index is 11.8. The van der Waals surface area contributed by atoms with Gasteiger partial charge in [0.2, 0.25) is 0 Å². The molecule has 0 radical (unpaired) electrons. The molecule has 0 atom stereocenters. The predicted octanol–water partition coefficient (Wildman–Crippen LogP) is 1.59. The van der Waals surface area contributed by atoms with Gasteiger partial charge in [-0.3, -0.25) is 0 Å². The van der Waals surface area contributed by atoms with Gasteiger partial charge in [-0.1, -0.05) is 0 Å². The Balaban J connectivity index is 2.19. The average molecular weight is 288 g/mol. The van der Waals surface area contributed by atoms with Gasteiger partial charge in [-0.05, 0) is 34.6 Å². The Morgan fingerprint density at radius 2 is 1.90 bits per heavy atom. The number of hydrogen-bond acceptors (Lipinski definition) is 5. The van der Waals surface area contributed by atoms with Crippen LogP contribution in [-0.2, 0) is 14.2 Å². The van der Waals surface area contributed by atoms with Crippen LogP contribution in [0.15, 0.2) is 0 Å². The van der Waals surface area contributed by atoms with E-state index in [4.69, 9.17) is 14.2 Å². The van der Waals surface area contributed by atoms with Gasteiger partial charge < -0.3 is 24.4 Å². The summed E-state index contributed by atoms with van der Waals surface area (Å²) in [7, 11) is 1.73. The molecule has 1 saturated heterocycles. The van der Waals surface area contributed by atoms with Crippen LogP contribution < -0.4 is 5.32 Å². The quantitative estimate of drug-likeness (QED) is 0.851. The van der Waals surface area contributed by atoms with Gasteiger partial charge in [0.15, 0.2) is 5.79 Å². The smallest absolute Gasteiger partial charge is 0.410 e. The van der Waals surface area contributed by atoms with Crippen molar-refractivity contribution >= 4 is 6.09 Å². The van der Waals surface area contributed by atoms with Crippen LogP contribution in [-0.4, -0.2) is 61.8 Å². The van der Waals surface area contributed by atoms with Gasteiger partial charge in [-0.25, -0.2) is 4.79 Å². The molecule has 1 aliphatic heterocycles. The summed E-state index contributed by atoms with van der Waals surface area (Å²) >= 11 is 0. The minimum absolute atomic E-state index is 0.162. The van der Waals surface area contributed by atoms with Gasteiger partial charge in [0.25, 0.3) is 0 Å². The van der Waals surface area contributed by atoms with Crippen molar-refractivity contribution in [2.45, 2.75) is 52.0 Å². The third kappa shape index (κ3) is 6.54. The van der Waals surface area contributed by atoms with Crippen LogP contribution in [0, 0.1) is 0 Å². The van der Waals surface area contributed by atoms with E-state index in [-0.39, 0.29) is 12.1 Å². The van der Waals surface area contributed by atoms with Gasteiger partial charge in [0.1, 0.15) is 5.60 Å². The summed E-state index contributed by atoms with van der Waals surface area (Å²) in [5.74, 6) is -0.495. The first-order valence-corrected chi connectivity index (χ1v) is 7.04. The van der Waals surface area contributed by atoms with Gasteiger partial charge in [0, 0.05) is 20.1 Å². The summed E-state index contributed by atoms with van der Waals surface area (Å²) in [5, 5.41) is 3.31. The van der Waals surface area contributed by atoms with Crippen LogP contribution in [0.2, 0.25) is 0 Å². The summed E-state index contributed by atoms with van der Waals surface area (Å²) in [5.41, 5.74) is -0.463. The Labute approximate surface area is 121 Å². The van der Waals surface area contributed by atoms with Crippen LogP contribution >= 0.6 is 0 Å². The maximum atomic E-state index is 11.8. The van der Waals surface area contributed by atoms with Crippen molar-refractivity contribution in [1.29, 1.82) is 0 Å². The molecule has 6 heteroatoms. The zero-order chi connectivity index (χ0) is 15.4. The fourth-order valence-electron chi connectivity index (χ4n) is 1.68. The molecule has 0 bridgehead atoms. The van der Waals surface area contributed by atoms with Crippen molar-refractivity contribution in [1.82, 2.24) is 10.2 Å². The molecule has 20 heavy (non-hydrogen) atoms. The van der Waals surface area contributed by atoms with E-state index in [1.807, 2.05) is 34.6 Å². The average Bonchev–Trinajstić information content (AvgIpc) is 2.29. The molecule has 0 aromatic heterocycles. The standard InChI is InChI=1S/C14H28N2O4/c1-13(2,3)20-12(17)16(6)8-7-15-11-9-18-14(4,5)19-10-11/h11,15H,7-10H2,1-6H3. The number of likely N-dealkylation sites (N-methyl/N-ethyl adjacent to an activating group) is 1. The highest BCUT2D eigenvalue weighted by Gasteiger charge is 2.28. The molecular formula is C14H28N2O4. The van der Waals surface area contributed by atoms with Crippen LogP contribution in [0.25, 0.3) is 0 Å². The Bertz CT molecular complexity index is 316. The molecule has 0 unspecified atom stereocenters. The minimum Gasteiger partial charge on any atom is -0.444 e. The van der Waals surface area contributed by atoms with Crippen LogP contribution in [0.5, 0.6) is 0 Å². The predicted molar refractivity (Wildman–Crippen MR) is 76.6 cm³/mol. The largest absolute Gasteiger partial charge is 0.444 e. The molecule has 1 fully saturated rings. The third-order valence-electron chi connectivity index (χ3n) is 2.85. The second-order valence-corrected chi connectivity index (χ2v) is 6.57. The monoisotopic (exact) mass is 288 g/mol. The highest BCUT2D eigenvalue weighted by atomic mass is 16.7. The molecule has 0 aromatic carbocycles. The summed E-state index contributed by atoms with van der Waals surface area (Å²) < 4.78 is 16.4. The lowest BCUT2D eigenvalue weighted by atomic mass is 10.2. The molecular weight excluding hydrogens is 260 g/mol. The molecule has 118 valence electrons. The second kappa shape index (κ2) is 6.74. The third-order valence-corrected chi connectivity index (χ3v) is 2.85. The number of carbonyl (C=O) groups excluding carboxylic acids is 1. The molecule has 0 spiro atoms. The summed E-state index contributed by atoms with van der Waals surface area (Å²) in [4.78, 5) is 13.3. The van der Waals surface area contributed by atoms with Crippen LogP contribution in [0.4, 0.5) is 4.79 Å². The van der Waals surface area contributed by atoms with E-state index < -0.39 is 11.4 Å². The van der Waals surface area contributed by atoms with E-state index in [1.165, 1.54) is 0 Å². The molecule has 1 aliphatic rings. The van der Waals surface area contributed by atoms with Crippen molar-refractivity contribution in [3.8, 4) is 0 Å². The fraction of sp³-hybridized carbons (Fsp3) is 0.929. The van der Waals surface area contributed by atoms with Crippen molar-refractivity contribution in [3.05, 3.63) is 0 Å². The SMILES string of the molecule is CN(CCNC1COC(C)(C)OC1)C(=O)OC(C)(C)C. The van der Waals surface area contributed by atoms with Gasteiger partial charge >= 0.3 is 6.09 Å². The highest BCUT2D eigenvalue weighted by molar-refractivity contribution is 5.67. The molecule has 1 rings (SSSR count). The molecule has 0 aliphatic carbocycles. The Morgan fingerprint density at radius 3 is 2.40 bits per heavy atom. The van der Waals surface area contributed by atoms with E-state index in [0.29, 0.717) is 26.3 Å². The van der Waals surface area contributed by atoms with Crippen LogP contribution in [0.1, 0.15) is 34.6 Å². The number of nitrogens with one attached hydrogen (secondary N) is 1. The summed E-state index contributed by atoms with van der Waals surface area (Å²) in [6.07, 6.45) is -0.309. The van der Waals surface area contributed by atoms with Crippen molar-refractivity contribution in [3.63, 3.8) is 0 Å². The molecule has 1 N–H and O–H groups in total. The molecule has 0 saturated carbocycles. The lowest BCUT2D eigenvalue weighted by Crippen LogP contribution is -2.50. The topological polar surface area (TPSA) is 60.0 Å². The van der Waals surface area contributed by atoms with E-state index in [1.54, 1.807) is 11.9 Å². The second-order valence-electron chi connectivity index (χ2n) is 6.57. The van der Waals surface area contributed by atoms with Crippen molar-refractivity contribution in [2.75, 3.05) is 33.4 Å². The Hall–Kier alpha value is -0.850. The first-order valence-electron chi connectivity index (χ1n) is 7.04. The van der Waals surface area contributed by atoms with E-state index >= 15 is 0 Å². The van der Waals surface area contributed by atoms with Gasteiger partial charge in [-0.15, -0.1) is 0 Å². The molecule has 1 amide bonds. The van der Waals surface area contributed by atoms with Gasteiger partial charge in [-0.2, -0.15) is 0 Å². The van der Waals surface area contributed by atoms with E-state index in [0.717, 1.165) is 0 Å². The number of carbonyl (C=O) groups is 1. The first kappa shape index (κ1) is 17.2. The lowest BCUT2D eigenvalue weighted by Gasteiger charge is -2.35. The maximum Gasteiger partial charge on any atom is 0.410 e. The molecule has 0 aromatic rings. The highest BCUT2D eigenvalue weighted by Crippen LogP contribution is 2.16.